The average molecular weight is 440 g/mol. The highest BCUT2D eigenvalue weighted by Gasteiger charge is 2.17. The molecule has 0 aliphatic rings. The maximum Gasteiger partial charge on any atom is 0.220 e. The minimum Gasteiger partial charge on any atom is -0.334 e. The molecule has 0 radical (unpaired) electrons. The van der Waals surface area contributed by atoms with E-state index < -0.39 is 0 Å². The van der Waals surface area contributed by atoms with E-state index in [4.69, 9.17) is 4.98 Å². The molecular formula is C29H21N5. The number of fused-ring (bicyclic) bond motifs is 5. The maximum atomic E-state index is 5.00. The second-order valence-corrected chi connectivity index (χ2v) is 8.55. The minimum atomic E-state index is 0.918. The minimum absolute atomic E-state index is 0.918. The molecule has 0 fully saturated rings. The van der Waals surface area contributed by atoms with Gasteiger partial charge >= 0.3 is 0 Å². The molecule has 5 heteroatoms. The number of nitrogens with zero attached hydrogens (tertiary/aromatic N) is 5. The van der Waals surface area contributed by atoms with Crippen molar-refractivity contribution in [2.24, 2.45) is 7.05 Å². The summed E-state index contributed by atoms with van der Waals surface area (Å²) in [7, 11) is 2.02. The third kappa shape index (κ3) is 2.74. The van der Waals surface area contributed by atoms with Crippen molar-refractivity contribution < 1.29 is 0 Å². The molecule has 34 heavy (non-hydrogen) atoms. The van der Waals surface area contributed by atoms with Gasteiger partial charge in [0.05, 0.1) is 22.1 Å². The molecule has 0 saturated heterocycles. The molecule has 7 rings (SSSR count). The van der Waals surface area contributed by atoms with Crippen LogP contribution in [0.1, 0.15) is 0 Å². The molecule has 3 heterocycles. The van der Waals surface area contributed by atoms with Gasteiger partial charge in [0.15, 0.2) is 0 Å². The fraction of sp³-hybridized carbons (Fsp3) is 0.0345. The Kier molecular flexibility index (Phi) is 3.99. The van der Waals surface area contributed by atoms with Crippen LogP contribution in [-0.4, -0.2) is 23.5 Å². The largest absolute Gasteiger partial charge is 0.334 e. The van der Waals surface area contributed by atoms with Gasteiger partial charge in [0, 0.05) is 30.7 Å². The maximum absolute atomic E-state index is 5.00. The van der Waals surface area contributed by atoms with Gasteiger partial charge in [0.1, 0.15) is 5.82 Å². The Bertz CT molecular complexity index is 1830. The lowest BCUT2D eigenvalue weighted by Crippen LogP contribution is -1.96. The van der Waals surface area contributed by atoms with Crippen LogP contribution in [0, 0.1) is 0 Å². The van der Waals surface area contributed by atoms with E-state index in [2.05, 4.69) is 105 Å². The highest BCUT2D eigenvalue weighted by Crippen LogP contribution is 2.31. The lowest BCUT2D eigenvalue weighted by atomic mass is 10.0. The molecule has 4 aromatic carbocycles. The van der Waals surface area contributed by atoms with E-state index in [0.29, 0.717) is 0 Å². The fourth-order valence-electron chi connectivity index (χ4n) is 4.91. The number of aryl methyl sites for hydroxylation is 1. The van der Waals surface area contributed by atoms with Crippen molar-refractivity contribution in [2.75, 3.05) is 0 Å². The summed E-state index contributed by atoms with van der Waals surface area (Å²) in [4.78, 5) is 9.52. The molecule has 0 spiro atoms. The van der Waals surface area contributed by atoms with E-state index in [0.717, 1.165) is 56.0 Å². The van der Waals surface area contributed by atoms with Crippen LogP contribution >= 0.6 is 0 Å². The first-order valence-electron chi connectivity index (χ1n) is 11.3. The van der Waals surface area contributed by atoms with Crippen LogP contribution in [0.5, 0.6) is 0 Å². The van der Waals surface area contributed by atoms with E-state index in [-0.39, 0.29) is 0 Å². The zero-order valence-corrected chi connectivity index (χ0v) is 18.6. The van der Waals surface area contributed by atoms with Crippen molar-refractivity contribution in [3.8, 4) is 28.2 Å². The first kappa shape index (κ1) is 18.9. The average Bonchev–Trinajstić information content (AvgIpc) is 3.56. The van der Waals surface area contributed by atoms with Crippen LogP contribution in [0.3, 0.4) is 0 Å². The predicted octanol–water partition coefficient (Wildman–Crippen LogP) is 6.50. The monoisotopic (exact) mass is 439 g/mol. The Morgan fingerprint density at radius 2 is 1.35 bits per heavy atom. The van der Waals surface area contributed by atoms with E-state index >= 15 is 0 Å². The number of rotatable bonds is 3. The standard InChI is InChI=1S/C29H21N5/c1-32-17-16-30-28(32)22-10-6-8-20(18-22)21-9-7-11-23(19-21)33-26-14-4-5-15-27(26)34-25-13-3-2-12-24(25)31-29(33)34/h2-19H,1H3. The number of para-hydroxylation sites is 4. The molecule has 0 unspecified atom stereocenters. The molecule has 0 aliphatic carbocycles. The van der Waals surface area contributed by atoms with Crippen LogP contribution in [0.25, 0.3) is 56.0 Å². The van der Waals surface area contributed by atoms with Crippen molar-refractivity contribution in [2.45, 2.75) is 0 Å². The first-order chi connectivity index (χ1) is 16.8. The Morgan fingerprint density at radius 3 is 2.18 bits per heavy atom. The van der Waals surface area contributed by atoms with Crippen LogP contribution < -0.4 is 0 Å². The Labute approximate surface area is 196 Å². The summed E-state index contributed by atoms with van der Waals surface area (Å²) in [6.07, 6.45) is 3.80. The smallest absolute Gasteiger partial charge is 0.220 e. The topological polar surface area (TPSA) is 40.0 Å². The van der Waals surface area contributed by atoms with E-state index in [1.54, 1.807) is 0 Å². The molecule has 0 N–H and O–H groups in total. The van der Waals surface area contributed by atoms with Gasteiger partial charge in [-0.25, -0.2) is 9.97 Å². The number of benzene rings is 4. The summed E-state index contributed by atoms with van der Waals surface area (Å²) in [6, 6.07) is 34.0. The van der Waals surface area contributed by atoms with Crippen molar-refractivity contribution in [1.82, 2.24) is 23.5 Å². The molecule has 0 bridgehead atoms. The summed E-state index contributed by atoms with van der Waals surface area (Å²) >= 11 is 0. The third-order valence-corrected chi connectivity index (χ3v) is 6.49. The Balaban J connectivity index is 1.45. The van der Waals surface area contributed by atoms with Gasteiger partial charge in [0.25, 0.3) is 0 Å². The van der Waals surface area contributed by atoms with Crippen molar-refractivity contribution in [3.63, 3.8) is 0 Å². The van der Waals surface area contributed by atoms with Gasteiger partial charge in [-0.1, -0.05) is 54.6 Å². The molecule has 0 amide bonds. The van der Waals surface area contributed by atoms with Gasteiger partial charge in [-0.2, -0.15) is 0 Å². The van der Waals surface area contributed by atoms with Crippen LogP contribution in [0.4, 0.5) is 0 Å². The molecule has 0 atom stereocenters. The molecule has 0 aliphatic heterocycles. The van der Waals surface area contributed by atoms with Crippen molar-refractivity contribution >= 4 is 27.8 Å². The van der Waals surface area contributed by atoms with Gasteiger partial charge in [-0.15, -0.1) is 0 Å². The Morgan fingerprint density at radius 1 is 0.647 bits per heavy atom. The quantitative estimate of drug-likeness (QED) is 0.315. The normalized spacial score (nSPS) is 11.7. The molecule has 7 aromatic rings. The zero-order valence-electron chi connectivity index (χ0n) is 18.6. The summed E-state index contributed by atoms with van der Waals surface area (Å²) in [6.45, 7) is 0. The molecular weight excluding hydrogens is 418 g/mol. The summed E-state index contributed by atoms with van der Waals surface area (Å²) in [5, 5.41) is 0. The van der Waals surface area contributed by atoms with Crippen LogP contribution in [0.15, 0.2) is 109 Å². The van der Waals surface area contributed by atoms with Crippen molar-refractivity contribution in [1.29, 1.82) is 0 Å². The molecule has 162 valence electrons. The van der Waals surface area contributed by atoms with Gasteiger partial charge in [-0.05, 0) is 53.6 Å². The SMILES string of the molecule is Cn1ccnc1-c1cccc(-c2cccc(-n3c4ccccc4n4c5ccccc5nc34)c2)c1. The number of hydrogen-bond donors (Lipinski definition) is 0. The summed E-state index contributed by atoms with van der Waals surface area (Å²) in [5.41, 5.74) is 8.89. The highest BCUT2D eigenvalue weighted by atomic mass is 15.2. The van der Waals surface area contributed by atoms with Crippen LogP contribution in [0.2, 0.25) is 0 Å². The number of aromatic nitrogens is 5. The van der Waals surface area contributed by atoms with Crippen LogP contribution in [-0.2, 0) is 7.05 Å². The predicted molar refractivity (Wildman–Crippen MR) is 137 cm³/mol. The van der Waals surface area contributed by atoms with Crippen molar-refractivity contribution in [3.05, 3.63) is 109 Å². The zero-order chi connectivity index (χ0) is 22.6. The number of hydrogen-bond acceptors (Lipinski definition) is 2. The summed E-state index contributed by atoms with van der Waals surface area (Å²) in [5.74, 6) is 1.88. The fourth-order valence-corrected chi connectivity index (χ4v) is 4.91. The second kappa shape index (κ2) is 7.18. The summed E-state index contributed by atoms with van der Waals surface area (Å²) < 4.78 is 6.54. The van der Waals surface area contributed by atoms with E-state index in [1.807, 2.05) is 30.1 Å². The molecule has 0 saturated carbocycles. The highest BCUT2D eigenvalue weighted by molar-refractivity contribution is 5.92. The number of imidazole rings is 3. The molecule has 3 aromatic heterocycles. The van der Waals surface area contributed by atoms with Gasteiger partial charge < -0.3 is 4.57 Å². The van der Waals surface area contributed by atoms with Gasteiger partial charge in [0.2, 0.25) is 5.78 Å². The lowest BCUT2D eigenvalue weighted by Gasteiger charge is -2.10. The first-order valence-corrected chi connectivity index (χ1v) is 11.3. The lowest BCUT2D eigenvalue weighted by molar-refractivity contribution is 0.925. The van der Waals surface area contributed by atoms with Gasteiger partial charge in [-0.3, -0.25) is 8.97 Å². The van der Waals surface area contributed by atoms with E-state index in [1.165, 1.54) is 0 Å². The Hall–Kier alpha value is -4.64. The third-order valence-electron chi connectivity index (χ3n) is 6.49. The molecule has 5 nitrogen and oxygen atoms in total. The second-order valence-electron chi connectivity index (χ2n) is 8.55. The van der Waals surface area contributed by atoms with E-state index in [9.17, 15) is 0 Å².